The Hall–Kier alpha value is -4.12. The van der Waals surface area contributed by atoms with Crippen molar-refractivity contribution in [2.75, 3.05) is 4.90 Å². The summed E-state index contributed by atoms with van der Waals surface area (Å²) in [5.41, 5.74) is 7.06. The fraction of sp³-hybridized carbons (Fsp3) is 0.172. The molecule has 5 heteroatoms. The van der Waals surface area contributed by atoms with E-state index >= 15 is 0 Å². The summed E-state index contributed by atoms with van der Waals surface area (Å²) >= 11 is 0. The second kappa shape index (κ2) is 9.02. The van der Waals surface area contributed by atoms with Crippen LogP contribution in [0.5, 0.6) is 28.7 Å². The lowest BCUT2D eigenvalue weighted by atomic mass is 10.0. The zero-order valence-corrected chi connectivity index (χ0v) is 20.0. The van der Waals surface area contributed by atoms with Gasteiger partial charge in [-0.2, -0.15) is 0 Å². The number of rotatable bonds is 5. The van der Waals surface area contributed by atoms with Crippen molar-refractivity contribution in [3.8, 4) is 28.7 Å². The van der Waals surface area contributed by atoms with E-state index in [2.05, 4.69) is 4.90 Å². The second-order valence-corrected chi connectivity index (χ2v) is 8.61. The van der Waals surface area contributed by atoms with Crippen molar-refractivity contribution in [2.24, 2.45) is 0 Å². The van der Waals surface area contributed by atoms with Crippen LogP contribution in [0.25, 0.3) is 0 Å². The lowest BCUT2D eigenvalue weighted by Gasteiger charge is -2.30. The molecular weight excluding hydrogens is 426 g/mol. The van der Waals surface area contributed by atoms with Crippen molar-refractivity contribution in [3.63, 3.8) is 0 Å². The molecule has 0 spiro atoms. The number of anilines is 3. The molecule has 0 saturated carbocycles. The standard InChI is InChI=1S/C29H29NO4/c1-17-9-14-29(28(33)15-17)34-23-8-6-7-22(16-23)30(24-10-12-26(31)20(4)18(24)2)25-11-13-27(32)21(5)19(25)3/h6-16,31-33H,1-5H3. The van der Waals surface area contributed by atoms with Crippen LogP contribution in [0.3, 0.4) is 0 Å². The third-order valence-corrected chi connectivity index (χ3v) is 6.36. The number of hydrogen-bond acceptors (Lipinski definition) is 5. The van der Waals surface area contributed by atoms with Crippen molar-refractivity contribution < 1.29 is 20.1 Å². The van der Waals surface area contributed by atoms with Crippen molar-refractivity contribution in [3.05, 3.63) is 94.5 Å². The highest BCUT2D eigenvalue weighted by atomic mass is 16.5. The molecule has 0 saturated heterocycles. The molecule has 0 atom stereocenters. The van der Waals surface area contributed by atoms with Gasteiger partial charge in [0.1, 0.15) is 17.2 Å². The highest BCUT2D eigenvalue weighted by Gasteiger charge is 2.20. The number of benzene rings is 4. The number of hydrogen-bond donors (Lipinski definition) is 3. The third-order valence-electron chi connectivity index (χ3n) is 6.36. The first kappa shape index (κ1) is 23.1. The first-order valence-corrected chi connectivity index (χ1v) is 11.1. The first-order valence-electron chi connectivity index (χ1n) is 11.1. The van der Waals surface area contributed by atoms with Gasteiger partial charge in [-0.1, -0.05) is 12.1 Å². The van der Waals surface area contributed by atoms with Gasteiger partial charge in [-0.05, 0) is 111 Å². The molecule has 0 aliphatic heterocycles. The Morgan fingerprint density at radius 3 is 1.74 bits per heavy atom. The van der Waals surface area contributed by atoms with Gasteiger partial charge in [-0.3, -0.25) is 0 Å². The van der Waals surface area contributed by atoms with Gasteiger partial charge in [0.25, 0.3) is 0 Å². The van der Waals surface area contributed by atoms with E-state index in [1.54, 1.807) is 24.3 Å². The molecule has 0 aliphatic carbocycles. The fourth-order valence-electron chi connectivity index (χ4n) is 4.00. The Morgan fingerprint density at radius 1 is 0.588 bits per heavy atom. The van der Waals surface area contributed by atoms with Crippen molar-refractivity contribution in [1.82, 2.24) is 0 Å². The summed E-state index contributed by atoms with van der Waals surface area (Å²) in [6.45, 7) is 9.64. The molecule has 174 valence electrons. The molecule has 0 radical (unpaired) electrons. The van der Waals surface area contributed by atoms with E-state index in [0.29, 0.717) is 11.5 Å². The Balaban J connectivity index is 1.87. The molecule has 0 bridgehead atoms. The van der Waals surface area contributed by atoms with Crippen LogP contribution in [0.15, 0.2) is 66.7 Å². The highest BCUT2D eigenvalue weighted by molar-refractivity contribution is 5.82. The smallest absolute Gasteiger partial charge is 0.169 e. The molecule has 4 aromatic carbocycles. The predicted octanol–water partition coefficient (Wildman–Crippen LogP) is 7.61. The summed E-state index contributed by atoms with van der Waals surface area (Å²) in [5, 5.41) is 30.8. The van der Waals surface area contributed by atoms with Gasteiger partial charge in [0.15, 0.2) is 11.5 Å². The van der Waals surface area contributed by atoms with E-state index in [1.807, 2.05) is 77.1 Å². The fourth-order valence-corrected chi connectivity index (χ4v) is 4.00. The van der Waals surface area contributed by atoms with Crippen LogP contribution in [-0.4, -0.2) is 15.3 Å². The molecule has 0 fully saturated rings. The average Bonchev–Trinajstić information content (AvgIpc) is 2.81. The van der Waals surface area contributed by atoms with E-state index in [4.69, 9.17) is 4.74 Å². The van der Waals surface area contributed by atoms with Crippen LogP contribution in [-0.2, 0) is 0 Å². The monoisotopic (exact) mass is 455 g/mol. The number of ether oxygens (including phenoxy) is 1. The molecule has 34 heavy (non-hydrogen) atoms. The first-order chi connectivity index (χ1) is 16.2. The van der Waals surface area contributed by atoms with Crippen LogP contribution in [0.2, 0.25) is 0 Å². The second-order valence-electron chi connectivity index (χ2n) is 8.61. The lowest BCUT2D eigenvalue weighted by molar-refractivity contribution is 0.411. The van der Waals surface area contributed by atoms with Crippen molar-refractivity contribution in [1.29, 1.82) is 0 Å². The number of nitrogens with zero attached hydrogens (tertiary/aromatic N) is 1. The Bertz CT molecular complexity index is 1320. The Morgan fingerprint density at radius 2 is 1.18 bits per heavy atom. The SMILES string of the molecule is Cc1ccc(Oc2cccc(N(c3ccc(O)c(C)c3C)c3ccc(O)c(C)c3C)c2)c(O)c1. The molecule has 0 aliphatic rings. The minimum absolute atomic E-state index is 0.0808. The van der Waals surface area contributed by atoms with E-state index in [-0.39, 0.29) is 17.2 Å². The van der Waals surface area contributed by atoms with E-state index < -0.39 is 0 Å². The molecule has 0 unspecified atom stereocenters. The van der Waals surface area contributed by atoms with Crippen LogP contribution >= 0.6 is 0 Å². The minimum Gasteiger partial charge on any atom is -0.508 e. The van der Waals surface area contributed by atoms with E-state index in [1.165, 1.54) is 0 Å². The van der Waals surface area contributed by atoms with Gasteiger partial charge in [0, 0.05) is 23.1 Å². The minimum atomic E-state index is 0.0808. The van der Waals surface area contributed by atoms with Crippen LogP contribution in [0.1, 0.15) is 27.8 Å². The third kappa shape index (κ3) is 4.25. The topological polar surface area (TPSA) is 73.2 Å². The largest absolute Gasteiger partial charge is 0.508 e. The van der Waals surface area contributed by atoms with Gasteiger partial charge in [0.05, 0.1) is 0 Å². The molecule has 0 aromatic heterocycles. The number of aromatic hydroxyl groups is 3. The normalized spacial score (nSPS) is 10.9. The summed E-state index contributed by atoms with van der Waals surface area (Å²) in [7, 11) is 0. The maximum absolute atomic E-state index is 10.3. The van der Waals surface area contributed by atoms with E-state index in [9.17, 15) is 15.3 Å². The average molecular weight is 456 g/mol. The Kier molecular flexibility index (Phi) is 6.12. The number of aryl methyl sites for hydroxylation is 1. The summed E-state index contributed by atoms with van der Waals surface area (Å²) in [5.74, 6) is 1.52. The molecule has 0 heterocycles. The van der Waals surface area contributed by atoms with Gasteiger partial charge in [-0.15, -0.1) is 0 Å². The summed E-state index contributed by atoms with van der Waals surface area (Å²) in [4.78, 5) is 2.09. The zero-order valence-electron chi connectivity index (χ0n) is 20.0. The van der Waals surface area contributed by atoms with Crippen LogP contribution in [0.4, 0.5) is 17.1 Å². The lowest BCUT2D eigenvalue weighted by Crippen LogP contribution is -2.13. The van der Waals surface area contributed by atoms with Gasteiger partial charge >= 0.3 is 0 Å². The summed E-state index contributed by atoms with van der Waals surface area (Å²) < 4.78 is 6.02. The van der Waals surface area contributed by atoms with Gasteiger partial charge in [-0.25, -0.2) is 0 Å². The zero-order chi connectivity index (χ0) is 24.6. The number of phenolic OH excluding ortho intramolecular Hbond substituents is 3. The molecule has 4 rings (SSSR count). The molecule has 4 aromatic rings. The predicted molar refractivity (Wildman–Crippen MR) is 136 cm³/mol. The maximum Gasteiger partial charge on any atom is 0.169 e. The molecule has 0 amide bonds. The van der Waals surface area contributed by atoms with Gasteiger partial charge < -0.3 is 25.0 Å². The Labute approximate surface area is 200 Å². The van der Waals surface area contributed by atoms with Crippen LogP contribution < -0.4 is 9.64 Å². The quantitative estimate of drug-likeness (QED) is 0.289. The summed E-state index contributed by atoms with van der Waals surface area (Å²) in [6.07, 6.45) is 0. The number of phenols is 3. The van der Waals surface area contributed by atoms with E-state index in [0.717, 1.165) is 44.9 Å². The van der Waals surface area contributed by atoms with Gasteiger partial charge in [0.2, 0.25) is 0 Å². The highest BCUT2D eigenvalue weighted by Crippen LogP contribution is 2.43. The van der Waals surface area contributed by atoms with Crippen molar-refractivity contribution >= 4 is 17.1 Å². The maximum atomic E-state index is 10.3. The molecular formula is C29H29NO4. The van der Waals surface area contributed by atoms with Crippen molar-refractivity contribution in [2.45, 2.75) is 34.6 Å². The molecule has 3 N–H and O–H groups in total. The van der Waals surface area contributed by atoms with Crippen LogP contribution in [0, 0.1) is 34.6 Å². The molecule has 5 nitrogen and oxygen atoms in total. The summed E-state index contributed by atoms with van der Waals surface area (Å²) in [6, 6.07) is 20.1.